The standard InChI is InChI=1S/C21H23ClN4O/c1-4-25(5-2)18-12-8-17(9-13-18)23-14-20-15(3)24-26(21(20)27)19-10-6-16(22)7-11-19/h6-14,24H,4-5H2,1-3H3. The van der Waals surface area contributed by atoms with E-state index in [-0.39, 0.29) is 5.56 Å². The summed E-state index contributed by atoms with van der Waals surface area (Å²) in [6.45, 7) is 8.06. The van der Waals surface area contributed by atoms with E-state index in [1.165, 1.54) is 10.4 Å². The lowest BCUT2D eigenvalue weighted by molar-refractivity contribution is 0.835. The molecule has 2 aromatic carbocycles. The Kier molecular flexibility index (Phi) is 5.81. The number of nitrogens with zero attached hydrogens (tertiary/aromatic N) is 3. The van der Waals surface area contributed by atoms with Crippen molar-refractivity contribution in [2.75, 3.05) is 18.0 Å². The fourth-order valence-electron chi connectivity index (χ4n) is 2.96. The summed E-state index contributed by atoms with van der Waals surface area (Å²) in [5, 5.41) is 3.72. The summed E-state index contributed by atoms with van der Waals surface area (Å²) in [5.41, 5.74) is 3.87. The van der Waals surface area contributed by atoms with Crippen LogP contribution in [0.3, 0.4) is 0 Å². The zero-order valence-corrected chi connectivity index (χ0v) is 16.5. The Labute approximate surface area is 163 Å². The highest BCUT2D eigenvalue weighted by Gasteiger charge is 2.10. The average Bonchev–Trinajstić information content (AvgIpc) is 2.96. The minimum absolute atomic E-state index is 0.140. The van der Waals surface area contributed by atoms with Crippen LogP contribution in [-0.4, -0.2) is 29.1 Å². The molecule has 0 amide bonds. The van der Waals surface area contributed by atoms with Gasteiger partial charge < -0.3 is 4.90 Å². The molecule has 0 aliphatic heterocycles. The van der Waals surface area contributed by atoms with E-state index in [1.54, 1.807) is 30.5 Å². The van der Waals surface area contributed by atoms with Gasteiger partial charge in [0.1, 0.15) is 0 Å². The highest BCUT2D eigenvalue weighted by Crippen LogP contribution is 2.20. The number of rotatable bonds is 6. The van der Waals surface area contributed by atoms with Crippen molar-refractivity contribution in [1.29, 1.82) is 0 Å². The minimum atomic E-state index is -0.140. The van der Waals surface area contributed by atoms with Gasteiger partial charge in [-0.1, -0.05) is 11.6 Å². The number of anilines is 1. The van der Waals surface area contributed by atoms with Gasteiger partial charge in [-0.2, -0.15) is 0 Å². The molecule has 0 radical (unpaired) electrons. The molecule has 0 aliphatic rings. The number of hydrogen-bond donors (Lipinski definition) is 1. The van der Waals surface area contributed by atoms with Gasteiger partial charge in [0, 0.05) is 35.7 Å². The number of benzene rings is 2. The van der Waals surface area contributed by atoms with Gasteiger partial charge in [-0.25, -0.2) is 4.68 Å². The fourth-order valence-corrected chi connectivity index (χ4v) is 3.09. The summed E-state index contributed by atoms with van der Waals surface area (Å²) in [4.78, 5) is 19.5. The quantitative estimate of drug-likeness (QED) is 0.627. The first-order valence-corrected chi connectivity index (χ1v) is 9.38. The van der Waals surface area contributed by atoms with E-state index in [2.05, 4.69) is 41.0 Å². The van der Waals surface area contributed by atoms with E-state index in [4.69, 9.17) is 11.6 Å². The first-order chi connectivity index (χ1) is 13.0. The molecule has 0 atom stereocenters. The third-order valence-electron chi connectivity index (χ3n) is 4.52. The van der Waals surface area contributed by atoms with E-state index >= 15 is 0 Å². The van der Waals surface area contributed by atoms with Crippen LogP contribution in [0.5, 0.6) is 0 Å². The van der Waals surface area contributed by atoms with Crippen LogP contribution in [-0.2, 0) is 0 Å². The molecule has 0 saturated carbocycles. The predicted octanol–water partition coefficient (Wildman–Crippen LogP) is 4.72. The summed E-state index contributed by atoms with van der Waals surface area (Å²) in [6.07, 6.45) is 1.62. The second-order valence-electron chi connectivity index (χ2n) is 6.21. The van der Waals surface area contributed by atoms with Crippen molar-refractivity contribution in [3.05, 3.63) is 75.2 Å². The lowest BCUT2D eigenvalue weighted by Crippen LogP contribution is -2.21. The summed E-state index contributed by atoms with van der Waals surface area (Å²) in [6, 6.07) is 15.1. The van der Waals surface area contributed by atoms with Gasteiger partial charge in [-0.3, -0.25) is 14.9 Å². The maximum Gasteiger partial charge on any atom is 0.280 e. The van der Waals surface area contributed by atoms with Crippen LogP contribution in [0.1, 0.15) is 25.1 Å². The van der Waals surface area contributed by atoms with Crippen molar-refractivity contribution in [1.82, 2.24) is 9.78 Å². The highest BCUT2D eigenvalue weighted by atomic mass is 35.5. The number of nitrogens with one attached hydrogen (secondary N) is 1. The Balaban J connectivity index is 1.85. The molecule has 0 bridgehead atoms. The maximum absolute atomic E-state index is 12.7. The van der Waals surface area contributed by atoms with Crippen LogP contribution in [0.4, 0.5) is 11.4 Å². The first kappa shape index (κ1) is 19.0. The minimum Gasteiger partial charge on any atom is -0.372 e. The molecular weight excluding hydrogens is 360 g/mol. The number of aliphatic imine (C=N–C) groups is 1. The molecule has 0 unspecified atom stereocenters. The molecule has 6 heteroatoms. The number of aryl methyl sites for hydroxylation is 1. The summed E-state index contributed by atoms with van der Waals surface area (Å²) in [7, 11) is 0. The smallest absolute Gasteiger partial charge is 0.280 e. The normalized spacial score (nSPS) is 11.3. The van der Waals surface area contributed by atoms with Crippen molar-refractivity contribution in [2.45, 2.75) is 20.8 Å². The molecule has 1 N–H and O–H groups in total. The molecule has 0 saturated heterocycles. The Morgan fingerprint density at radius 2 is 1.70 bits per heavy atom. The molecular formula is C21H23ClN4O. The predicted molar refractivity (Wildman–Crippen MR) is 113 cm³/mol. The van der Waals surface area contributed by atoms with Gasteiger partial charge in [0.05, 0.1) is 16.9 Å². The number of aromatic amines is 1. The highest BCUT2D eigenvalue weighted by molar-refractivity contribution is 6.30. The molecule has 1 heterocycles. The maximum atomic E-state index is 12.7. The van der Waals surface area contributed by atoms with Crippen molar-refractivity contribution in [3.8, 4) is 5.69 Å². The second-order valence-corrected chi connectivity index (χ2v) is 6.65. The molecule has 0 spiro atoms. The Morgan fingerprint density at radius 1 is 1.07 bits per heavy atom. The number of halogens is 1. The van der Waals surface area contributed by atoms with Gasteiger partial charge in [0.2, 0.25) is 0 Å². The molecule has 5 nitrogen and oxygen atoms in total. The van der Waals surface area contributed by atoms with Crippen LogP contribution in [0.15, 0.2) is 58.3 Å². The van der Waals surface area contributed by atoms with Gasteiger partial charge in [-0.05, 0) is 69.3 Å². The SMILES string of the molecule is CCN(CC)c1ccc(N=Cc2c(C)[nH]n(-c3ccc(Cl)cc3)c2=O)cc1. The summed E-state index contributed by atoms with van der Waals surface area (Å²) in [5.74, 6) is 0. The van der Waals surface area contributed by atoms with E-state index in [0.717, 1.165) is 30.2 Å². The second kappa shape index (κ2) is 8.27. The van der Waals surface area contributed by atoms with E-state index in [1.807, 2.05) is 19.1 Å². The lowest BCUT2D eigenvalue weighted by atomic mass is 10.2. The monoisotopic (exact) mass is 382 g/mol. The van der Waals surface area contributed by atoms with Crippen molar-refractivity contribution in [2.24, 2.45) is 4.99 Å². The molecule has 27 heavy (non-hydrogen) atoms. The summed E-state index contributed by atoms with van der Waals surface area (Å²) >= 11 is 5.92. The molecule has 3 aromatic rings. The molecule has 3 rings (SSSR count). The Morgan fingerprint density at radius 3 is 2.30 bits per heavy atom. The van der Waals surface area contributed by atoms with Gasteiger partial charge in [0.25, 0.3) is 5.56 Å². The summed E-state index contributed by atoms with van der Waals surface area (Å²) < 4.78 is 1.50. The largest absolute Gasteiger partial charge is 0.372 e. The zero-order valence-electron chi connectivity index (χ0n) is 15.7. The average molecular weight is 383 g/mol. The molecule has 1 aromatic heterocycles. The van der Waals surface area contributed by atoms with Crippen LogP contribution < -0.4 is 10.5 Å². The zero-order chi connectivity index (χ0) is 19.4. The third-order valence-corrected chi connectivity index (χ3v) is 4.77. The number of H-pyrrole nitrogens is 1. The third kappa shape index (κ3) is 4.14. The molecule has 140 valence electrons. The van der Waals surface area contributed by atoms with Crippen LogP contribution in [0.25, 0.3) is 5.69 Å². The van der Waals surface area contributed by atoms with Crippen molar-refractivity contribution < 1.29 is 0 Å². The van der Waals surface area contributed by atoms with Crippen molar-refractivity contribution >= 4 is 29.2 Å². The number of hydrogen-bond acceptors (Lipinski definition) is 3. The Bertz CT molecular complexity index is 981. The van der Waals surface area contributed by atoms with Crippen LogP contribution >= 0.6 is 11.6 Å². The molecule has 0 aliphatic carbocycles. The molecule has 0 fully saturated rings. The van der Waals surface area contributed by atoms with Crippen LogP contribution in [0, 0.1) is 6.92 Å². The van der Waals surface area contributed by atoms with Crippen molar-refractivity contribution in [3.63, 3.8) is 0 Å². The van der Waals surface area contributed by atoms with Gasteiger partial charge in [-0.15, -0.1) is 0 Å². The van der Waals surface area contributed by atoms with E-state index < -0.39 is 0 Å². The number of aromatic nitrogens is 2. The Hall–Kier alpha value is -2.79. The van der Waals surface area contributed by atoms with Gasteiger partial charge >= 0.3 is 0 Å². The van der Waals surface area contributed by atoms with E-state index in [9.17, 15) is 4.79 Å². The van der Waals surface area contributed by atoms with E-state index in [0.29, 0.717) is 10.6 Å². The first-order valence-electron chi connectivity index (χ1n) is 9.00. The lowest BCUT2D eigenvalue weighted by Gasteiger charge is -2.20. The van der Waals surface area contributed by atoms with Crippen LogP contribution in [0.2, 0.25) is 5.02 Å². The fraction of sp³-hybridized carbons (Fsp3) is 0.238. The van der Waals surface area contributed by atoms with Gasteiger partial charge in [0.15, 0.2) is 0 Å². The topological polar surface area (TPSA) is 53.4 Å².